The molecular weight excluding hydrogens is 238 g/mol. The minimum absolute atomic E-state index is 0.123. The van der Waals surface area contributed by atoms with Gasteiger partial charge in [-0.05, 0) is 36.5 Å². The molecular formula is C15H17N3O. The number of hydrogen-bond donors (Lipinski definition) is 2. The first kappa shape index (κ1) is 12.0. The van der Waals surface area contributed by atoms with E-state index in [2.05, 4.69) is 34.7 Å². The van der Waals surface area contributed by atoms with Gasteiger partial charge in [0.25, 0.3) is 0 Å². The number of nitrogen functional groups attached to an aromatic ring is 1. The first-order chi connectivity index (χ1) is 9.36. The van der Waals surface area contributed by atoms with E-state index >= 15 is 0 Å². The zero-order valence-electron chi connectivity index (χ0n) is 10.7. The predicted octanol–water partition coefficient (Wildman–Crippen LogP) is 2.82. The Morgan fingerprint density at radius 1 is 1.26 bits per heavy atom. The van der Waals surface area contributed by atoms with Crippen LogP contribution in [0.2, 0.25) is 0 Å². The largest absolute Gasteiger partial charge is 0.486 e. The summed E-state index contributed by atoms with van der Waals surface area (Å²) in [7, 11) is 0. The van der Waals surface area contributed by atoms with Crippen LogP contribution < -0.4 is 16.0 Å². The highest BCUT2D eigenvalue weighted by Crippen LogP contribution is 2.33. The van der Waals surface area contributed by atoms with Gasteiger partial charge in [-0.15, -0.1) is 0 Å². The SMILES string of the molecule is NNc1cc(OC2CCCc3ccccc32)ccn1. The Kier molecular flexibility index (Phi) is 3.33. The predicted molar refractivity (Wildman–Crippen MR) is 74.8 cm³/mol. The third-order valence-corrected chi connectivity index (χ3v) is 3.47. The van der Waals surface area contributed by atoms with Gasteiger partial charge in [-0.3, -0.25) is 0 Å². The Balaban J connectivity index is 1.84. The van der Waals surface area contributed by atoms with E-state index in [0.717, 1.165) is 25.0 Å². The molecule has 4 heteroatoms. The molecule has 1 atom stereocenters. The van der Waals surface area contributed by atoms with E-state index in [-0.39, 0.29) is 6.10 Å². The molecule has 0 aliphatic heterocycles. The maximum Gasteiger partial charge on any atom is 0.143 e. The van der Waals surface area contributed by atoms with Crippen molar-refractivity contribution in [3.63, 3.8) is 0 Å². The number of ether oxygens (including phenoxy) is 1. The fourth-order valence-electron chi connectivity index (χ4n) is 2.56. The highest BCUT2D eigenvalue weighted by molar-refractivity contribution is 5.40. The van der Waals surface area contributed by atoms with E-state index in [9.17, 15) is 0 Å². The molecule has 0 radical (unpaired) electrons. The average molecular weight is 255 g/mol. The van der Waals surface area contributed by atoms with Crippen molar-refractivity contribution >= 4 is 5.82 Å². The van der Waals surface area contributed by atoms with E-state index in [0.29, 0.717) is 5.82 Å². The summed E-state index contributed by atoms with van der Waals surface area (Å²) in [6, 6.07) is 12.2. The van der Waals surface area contributed by atoms with Crippen molar-refractivity contribution in [2.45, 2.75) is 25.4 Å². The van der Waals surface area contributed by atoms with Crippen LogP contribution in [-0.2, 0) is 6.42 Å². The molecule has 19 heavy (non-hydrogen) atoms. The van der Waals surface area contributed by atoms with Gasteiger partial charge in [-0.1, -0.05) is 24.3 Å². The summed E-state index contributed by atoms with van der Waals surface area (Å²) in [5.74, 6) is 6.77. The summed E-state index contributed by atoms with van der Waals surface area (Å²) < 4.78 is 6.09. The van der Waals surface area contributed by atoms with Gasteiger partial charge < -0.3 is 10.2 Å². The fourth-order valence-corrected chi connectivity index (χ4v) is 2.56. The third-order valence-electron chi connectivity index (χ3n) is 3.47. The molecule has 98 valence electrons. The molecule has 1 aliphatic rings. The van der Waals surface area contributed by atoms with E-state index in [1.807, 2.05) is 12.1 Å². The second-order valence-electron chi connectivity index (χ2n) is 4.72. The first-order valence-corrected chi connectivity index (χ1v) is 6.54. The van der Waals surface area contributed by atoms with Crippen LogP contribution in [0.25, 0.3) is 0 Å². The van der Waals surface area contributed by atoms with Crippen LogP contribution in [-0.4, -0.2) is 4.98 Å². The van der Waals surface area contributed by atoms with Crippen LogP contribution in [0.4, 0.5) is 5.82 Å². The standard InChI is InChI=1S/C15H17N3O/c16-18-15-10-12(8-9-17-15)19-14-7-3-5-11-4-1-2-6-13(11)14/h1-2,4,6,8-10,14H,3,5,7,16H2,(H,17,18). The molecule has 4 nitrogen and oxygen atoms in total. The summed E-state index contributed by atoms with van der Waals surface area (Å²) in [6.07, 6.45) is 5.17. The molecule has 1 aromatic carbocycles. The van der Waals surface area contributed by atoms with Crippen LogP contribution in [0.1, 0.15) is 30.1 Å². The van der Waals surface area contributed by atoms with E-state index in [1.54, 1.807) is 6.20 Å². The minimum atomic E-state index is 0.123. The lowest BCUT2D eigenvalue weighted by molar-refractivity contribution is 0.183. The molecule has 1 unspecified atom stereocenters. The van der Waals surface area contributed by atoms with Gasteiger partial charge in [-0.25, -0.2) is 10.8 Å². The van der Waals surface area contributed by atoms with E-state index in [1.165, 1.54) is 11.1 Å². The van der Waals surface area contributed by atoms with Gasteiger partial charge in [-0.2, -0.15) is 0 Å². The number of hydrazine groups is 1. The molecule has 0 bridgehead atoms. The van der Waals surface area contributed by atoms with E-state index < -0.39 is 0 Å². The van der Waals surface area contributed by atoms with Crippen LogP contribution in [0.3, 0.4) is 0 Å². The van der Waals surface area contributed by atoms with Crippen LogP contribution in [0, 0.1) is 0 Å². The zero-order chi connectivity index (χ0) is 13.1. The molecule has 1 aliphatic carbocycles. The average Bonchev–Trinajstić information content (AvgIpc) is 2.48. The molecule has 0 spiro atoms. The van der Waals surface area contributed by atoms with Gasteiger partial charge >= 0.3 is 0 Å². The van der Waals surface area contributed by atoms with E-state index in [4.69, 9.17) is 10.6 Å². The third kappa shape index (κ3) is 2.53. The molecule has 3 rings (SSSR count). The molecule has 0 fully saturated rings. The summed E-state index contributed by atoms with van der Waals surface area (Å²) in [5, 5.41) is 0. The van der Waals surface area contributed by atoms with Gasteiger partial charge in [0, 0.05) is 12.3 Å². The molecule has 2 aromatic rings. The Morgan fingerprint density at radius 2 is 2.16 bits per heavy atom. The number of nitrogens with one attached hydrogen (secondary N) is 1. The summed E-state index contributed by atoms with van der Waals surface area (Å²) in [4.78, 5) is 4.08. The zero-order valence-corrected chi connectivity index (χ0v) is 10.7. The van der Waals surface area contributed by atoms with Crippen molar-refractivity contribution in [2.75, 3.05) is 5.43 Å². The quantitative estimate of drug-likeness (QED) is 0.654. The first-order valence-electron chi connectivity index (χ1n) is 6.54. The van der Waals surface area contributed by atoms with Crippen LogP contribution >= 0.6 is 0 Å². The molecule has 1 aromatic heterocycles. The van der Waals surface area contributed by atoms with Gasteiger partial charge in [0.1, 0.15) is 17.7 Å². The highest BCUT2D eigenvalue weighted by Gasteiger charge is 2.21. The maximum absolute atomic E-state index is 6.09. The second kappa shape index (κ2) is 5.28. The Hall–Kier alpha value is -2.07. The number of benzene rings is 1. The van der Waals surface area contributed by atoms with Crippen molar-refractivity contribution in [3.8, 4) is 5.75 Å². The number of fused-ring (bicyclic) bond motifs is 1. The minimum Gasteiger partial charge on any atom is -0.486 e. The highest BCUT2D eigenvalue weighted by atomic mass is 16.5. The monoisotopic (exact) mass is 255 g/mol. The van der Waals surface area contributed by atoms with Crippen LogP contribution in [0.5, 0.6) is 5.75 Å². The van der Waals surface area contributed by atoms with Gasteiger partial charge in [0.15, 0.2) is 0 Å². The number of aryl methyl sites for hydroxylation is 1. The van der Waals surface area contributed by atoms with Crippen LogP contribution in [0.15, 0.2) is 42.6 Å². The van der Waals surface area contributed by atoms with Crippen molar-refractivity contribution in [1.82, 2.24) is 4.98 Å². The second-order valence-corrected chi connectivity index (χ2v) is 4.72. The van der Waals surface area contributed by atoms with Crippen molar-refractivity contribution in [3.05, 3.63) is 53.7 Å². The topological polar surface area (TPSA) is 60.2 Å². The van der Waals surface area contributed by atoms with Crippen molar-refractivity contribution in [1.29, 1.82) is 0 Å². The number of anilines is 1. The lowest BCUT2D eigenvalue weighted by Crippen LogP contribution is -2.15. The molecule has 0 saturated carbocycles. The Morgan fingerprint density at radius 3 is 3.05 bits per heavy atom. The molecule has 0 amide bonds. The number of nitrogens with zero attached hydrogens (tertiary/aromatic N) is 1. The number of nitrogens with two attached hydrogens (primary N) is 1. The number of pyridine rings is 1. The lowest BCUT2D eigenvalue weighted by atomic mass is 9.89. The van der Waals surface area contributed by atoms with Gasteiger partial charge in [0.2, 0.25) is 0 Å². The van der Waals surface area contributed by atoms with Gasteiger partial charge in [0.05, 0.1) is 0 Å². The fraction of sp³-hybridized carbons (Fsp3) is 0.267. The Bertz CT molecular complexity index is 571. The molecule has 3 N–H and O–H groups in total. The normalized spacial score (nSPS) is 17.6. The number of aromatic nitrogens is 1. The number of hydrogen-bond acceptors (Lipinski definition) is 4. The Labute approximate surface area is 112 Å². The lowest BCUT2D eigenvalue weighted by Gasteiger charge is -2.26. The van der Waals surface area contributed by atoms with Crippen molar-refractivity contribution < 1.29 is 4.74 Å². The maximum atomic E-state index is 6.09. The molecule has 1 heterocycles. The summed E-state index contributed by atoms with van der Waals surface area (Å²) >= 11 is 0. The summed E-state index contributed by atoms with van der Waals surface area (Å²) in [6.45, 7) is 0. The van der Waals surface area contributed by atoms with Crippen molar-refractivity contribution in [2.24, 2.45) is 5.84 Å². The summed E-state index contributed by atoms with van der Waals surface area (Å²) in [5.41, 5.74) is 5.23. The smallest absolute Gasteiger partial charge is 0.143 e. The molecule has 0 saturated heterocycles. The number of rotatable bonds is 3.